The summed E-state index contributed by atoms with van der Waals surface area (Å²) in [6.07, 6.45) is 2.19. The van der Waals surface area contributed by atoms with Crippen LogP contribution >= 0.6 is 24.0 Å². The van der Waals surface area contributed by atoms with E-state index >= 15 is 0 Å². The number of aromatic nitrogens is 1. The lowest BCUT2D eigenvalue weighted by molar-refractivity contribution is 0.0507. The second-order valence-corrected chi connectivity index (χ2v) is 7.45. The van der Waals surface area contributed by atoms with Gasteiger partial charge >= 0.3 is 6.09 Å². The van der Waals surface area contributed by atoms with Gasteiger partial charge < -0.3 is 25.0 Å². The van der Waals surface area contributed by atoms with Crippen molar-refractivity contribution in [1.82, 2.24) is 20.5 Å². The van der Waals surface area contributed by atoms with Crippen LogP contribution in [0.25, 0.3) is 0 Å². The van der Waals surface area contributed by atoms with E-state index in [-0.39, 0.29) is 36.1 Å². The van der Waals surface area contributed by atoms with Gasteiger partial charge in [-0.2, -0.15) is 0 Å². The molecule has 9 heteroatoms. The topological polar surface area (TPSA) is 88.1 Å². The zero-order chi connectivity index (χ0) is 19.9. The lowest BCUT2D eigenvalue weighted by atomic mass is 10.2. The number of rotatable bonds is 5. The summed E-state index contributed by atoms with van der Waals surface area (Å²) < 4.78 is 10.5. The van der Waals surface area contributed by atoms with Crippen LogP contribution in [0.15, 0.2) is 23.3 Å². The maximum absolute atomic E-state index is 12.0. The van der Waals surface area contributed by atoms with Crippen LogP contribution in [0.5, 0.6) is 5.88 Å². The fourth-order valence-corrected chi connectivity index (χ4v) is 2.80. The molecule has 0 spiro atoms. The van der Waals surface area contributed by atoms with Crippen LogP contribution in [0.4, 0.5) is 4.79 Å². The van der Waals surface area contributed by atoms with E-state index in [1.165, 1.54) is 0 Å². The molecule has 2 N–H and O–H groups in total. The van der Waals surface area contributed by atoms with E-state index in [0.717, 1.165) is 31.0 Å². The maximum Gasteiger partial charge on any atom is 0.407 e. The number of nitrogens with one attached hydrogen (secondary N) is 2. The Hall–Kier alpha value is -1.78. The number of carbonyl (C=O) groups excluding carboxylic acids is 1. The molecule has 0 radical (unpaired) electrons. The minimum atomic E-state index is -0.496. The molecular weight excluding hydrogens is 473 g/mol. The average molecular weight is 505 g/mol. The Bertz CT molecular complexity index is 663. The highest BCUT2D eigenvalue weighted by Gasteiger charge is 2.27. The van der Waals surface area contributed by atoms with Crippen LogP contribution in [0.2, 0.25) is 0 Å². The van der Waals surface area contributed by atoms with Gasteiger partial charge in [-0.3, -0.25) is 0 Å². The summed E-state index contributed by atoms with van der Waals surface area (Å²) in [6.45, 7) is 10.4. The number of aliphatic imine (C=N–C) groups is 1. The number of likely N-dealkylation sites (tertiary alicyclic amines) is 1. The molecule has 1 aliphatic heterocycles. The number of hydrogen-bond donors (Lipinski definition) is 2. The largest absolute Gasteiger partial charge is 0.481 e. The molecule has 2 heterocycles. The number of ether oxygens (including phenoxy) is 2. The maximum atomic E-state index is 12.0. The molecule has 1 unspecified atom stereocenters. The van der Waals surface area contributed by atoms with E-state index in [2.05, 4.69) is 20.5 Å². The zero-order valence-corrected chi connectivity index (χ0v) is 19.6. The Balaban J connectivity index is 0.00000392. The van der Waals surface area contributed by atoms with Crippen molar-refractivity contribution in [2.24, 2.45) is 4.99 Å². The molecule has 1 aromatic rings. The first-order chi connectivity index (χ1) is 12.8. The number of alkyl carbamates (subject to hydrolysis) is 1. The van der Waals surface area contributed by atoms with Crippen molar-refractivity contribution in [3.8, 4) is 5.88 Å². The van der Waals surface area contributed by atoms with Gasteiger partial charge in [0.05, 0.1) is 19.7 Å². The number of amides is 1. The molecule has 158 valence electrons. The molecule has 1 fully saturated rings. The molecule has 1 aliphatic rings. The third-order valence-electron chi connectivity index (χ3n) is 3.96. The quantitative estimate of drug-likeness (QED) is 0.364. The summed E-state index contributed by atoms with van der Waals surface area (Å²) in [5, 5.41) is 6.26. The van der Waals surface area contributed by atoms with Gasteiger partial charge in [0.25, 0.3) is 0 Å². The molecule has 1 aromatic heterocycles. The van der Waals surface area contributed by atoms with Crippen molar-refractivity contribution in [2.45, 2.75) is 52.3 Å². The number of methoxy groups -OCH3 is 1. The summed E-state index contributed by atoms with van der Waals surface area (Å²) in [6, 6.07) is 3.85. The summed E-state index contributed by atoms with van der Waals surface area (Å²) in [4.78, 5) is 23.0. The molecule has 0 aromatic carbocycles. The number of nitrogens with zero attached hydrogens (tertiary/aromatic N) is 3. The third-order valence-corrected chi connectivity index (χ3v) is 3.96. The third kappa shape index (κ3) is 8.07. The summed E-state index contributed by atoms with van der Waals surface area (Å²) in [5.74, 6) is 1.41. The Labute approximate surface area is 184 Å². The van der Waals surface area contributed by atoms with E-state index < -0.39 is 5.60 Å². The monoisotopic (exact) mass is 505 g/mol. The zero-order valence-electron chi connectivity index (χ0n) is 17.3. The van der Waals surface area contributed by atoms with Crippen LogP contribution in [-0.2, 0) is 11.3 Å². The molecule has 1 atom stereocenters. The van der Waals surface area contributed by atoms with Crippen LogP contribution in [0, 0.1) is 0 Å². The number of carbonyl (C=O) groups is 1. The Kier molecular flexibility index (Phi) is 9.77. The molecule has 28 heavy (non-hydrogen) atoms. The van der Waals surface area contributed by atoms with Gasteiger partial charge in [0.15, 0.2) is 5.96 Å². The van der Waals surface area contributed by atoms with E-state index in [1.807, 2.05) is 39.8 Å². The smallest absolute Gasteiger partial charge is 0.407 e. The summed E-state index contributed by atoms with van der Waals surface area (Å²) in [5.41, 5.74) is 0.532. The first-order valence-corrected chi connectivity index (χ1v) is 9.32. The Morgan fingerprint density at radius 3 is 2.82 bits per heavy atom. The molecule has 0 aliphatic carbocycles. The molecule has 8 nitrogen and oxygen atoms in total. The highest BCUT2D eigenvalue weighted by Crippen LogP contribution is 2.13. The predicted molar refractivity (Wildman–Crippen MR) is 120 cm³/mol. The second kappa shape index (κ2) is 11.3. The van der Waals surface area contributed by atoms with Gasteiger partial charge in [-0.05, 0) is 45.7 Å². The van der Waals surface area contributed by atoms with Crippen molar-refractivity contribution in [3.63, 3.8) is 0 Å². The molecule has 0 bridgehead atoms. The van der Waals surface area contributed by atoms with Crippen molar-refractivity contribution in [3.05, 3.63) is 23.9 Å². The Morgan fingerprint density at radius 2 is 2.18 bits per heavy atom. The van der Waals surface area contributed by atoms with Gasteiger partial charge in [0.2, 0.25) is 5.88 Å². The van der Waals surface area contributed by atoms with Gasteiger partial charge in [0.1, 0.15) is 5.60 Å². The first-order valence-electron chi connectivity index (χ1n) is 9.32. The standard InChI is InChI=1S/C19H31N5O3.HI/c1-6-20-17(22-12-14-7-9-21-16(11-14)26-5)24-10-8-15(13-24)23-18(25)27-19(2,3)4;/h7,9,11,15H,6,8,10,12-13H2,1-5H3,(H,20,22)(H,23,25);1H. The summed E-state index contributed by atoms with van der Waals surface area (Å²) >= 11 is 0. The van der Waals surface area contributed by atoms with Crippen LogP contribution in [0.1, 0.15) is 39.7 Å². The van der Waals surface area contributed by atoms with E-state index in [1.54, 1.807) is 13.3 Å². The number of halogens is 1. The van der Waals surface area contributed by atoms with E-state index in [0.29, 0.717) is 19.0 Å². The SMILES string of the molecule is CCNC(=NCc1ccnc(OC)c1)N1CCC(NC(=O)OC(C)(C)C)C1.I. The van der Waals surface area contributed by atoms with Crippen molar-refractivity contribution in [1.29, 1.82) is 0 Å². The van der Waals surface area contributed by atoms with Crippen LogP contribution in [0.3, 0.4) is 0 Å². The molecule has 0 saturated carbocycles. The molecule has 1 saturated heterocycles. The molecule has 1 amide bonds. The van der Waals surface area contributed by atoms with E-state index in [9.17, 15) is 4.79 Å². The van der Waals surface area contributed by atoms with Crippen molar-refractivity contribution in [2.75, 3.05) is 26.7 Å². The number of hydrogen-bond acceptors (Lipinski definition) is 5. The minimum Gasteiger partial charge on any atom is -0.481 e. The lowest BCUT2D eigenvalue weighted by Crippen LogP contribution is -2.44. The summed E-state index contributed by atoms with van der Waals surface area (Å²) in [7, 11) is 1.60. The normalized spacial score (nSPS) is 17.0. The fraction of sp³-hybridized carbons (Fsp3) is 0.632. The number of pyridine rings is 1. The highest BCUT2D eigenvalue weighted by molar-refractivity contribution is 14.0. The van der Waals surface area contributed by atoms with Crippen molar-refractivity contribution < 1.29 is 14.3 Å². The number of guanidine groups is 1. The van der Waals surface area contributed by atoms with Gasteiger partial charge in [-0.15, -0.1) is 24.0 Å². The average Bonchev–Trinajstić information content (AvgIpc) is 3.05. The van der Waals surface area contributed by atoms with Gasteiger partial charge in [0, 0.05) is 31.9 Å². The van der Waals surface area contributed by atoms with Gasteiger partial charge in [-0.1, -0.05) is 0 Å². The predicted octanol–water partition coefficient (Wildman–Crippen LogP) is 2.77. The van der Waals surface area contributed by atoms with Crippen LogP contribution in [-0.4, -0.2) is 60.3 Å². The molecular formula is C19H32IN5O3. The van der Waals surface area contributed by atoms with Crippen molar-refractivity contribution >= 4 is 36.0 Å². The molecule has 2 rings (SSSR count). The van der Waals surface area contributed by atoms with Crippen LogP contribution < -0.4 is 15.4 Å². The second-order valence-electron chi connectivity index (χ2n) is 7.45. The van der Waals surface area contributed by atoms with E-state index in [4.69, 9.17) is 14.5 Å². The first kappa shape index (κ1) is 24.3. The fourth-order valence-electron chi connectivity index (χ4n) is 2.80. The highest BCUT2D eigenvalue weighted by atomic mass is 127. The minimum absolute atomic E-state index is 0. The van der Waals surface area contributed by atoms with Gasteiger partial charge in [-0.25, -0.2) is 14.8 Å². The Morgan fingerprint density at radius 1 is 1.43 bits per heavy atom. The lowest BCUT2D eigenvalue weighted by Gasteiger charge is -2.23.